The van der Waals surface area contributed by atoms with Gasteiger partial charge < -0.3 is 9.80 Å². The summed E-state index contributed by atoms with van der Waals surface area (Å²) in [6.07, 6.45) is 7.13. The van der Waals surface area contributed by atoms with Gasteiger partial charge in [0.05, 0.1) is 5.41 Å². The molecule has 0 aromatic heterocycles. The van der Waals surface area contributed by atoms with Crippen molar-refractivity contribution in [2.75, 3.05) is 27.2 Å². The molecule has 5 rings (SSSR count). The summed E-state index contributed by atoms with van der Waals surface area (Å²) in [4.78, 5) is 30.8. The lowest BCUT2D eigenvalue weighted by Gasteiger charge is -2.44. The molecule has 0 N–H and O–H groups in total. The highest BCUT2D eigenvalue weighted by atomic mass is 16.2. The van der Waals surface area contributed by atoms with E-state index in [4.69, 9.17) is 0 Å². The Labute approximate surface area is 191 Å². The van der Waals surface area contributed by atoms with E-state index in [0.29, 0.717) is 24.3 Å². The largest absolute Gasteiger partial charge is 0.348 e. The first-order valence-electron chi connectivity index (χ1n) is 12.1. The molecule has 2 saturated carbocycles. The highest BCUT2D eigenvalue weighted by Crippen LogP contribution is 2.66. The molecule has 0 radical (unpaired) electrons. The quantitative estimate of drug-likeness (QED) is 0.685. The maximum atomic E-state index is 13.6. The number of likely N-dealkylation sites (tertiary alicyclic amines) is 1. The number of nitrogens with zero attached hydrogens (tertiary/aromatic N) is 2. The second kappa shape index (κ2) is 8.06. The molecule has 1 heterocycles. The van der Waals surface area contributed by atoms with E-state index in [1.165, 1.54) is 36.0 Å². The van der Waals surface area contributed by atoms with Gasteiger partial charge in [0.25, 0.3) is 0 Å². The molecular weight excluding hydrogens is 396 g/mol. The van der Waals surface area contributed by atoms with Crippen LogP contribution < -0.4 is 0 Å². The minimum atomic E-state index is -0.566. The third-order valence-corrected chi connectivity index (χ3v) is 8.22. The Hall–Kier alpha value is -2.62. The fraction of sp³-hybridized carbons (Fsp3) is 0.500. The van der Waals surface area contributed by atoms with Crippen molar-refractivity contribution in [1.82, 2.24) is 9.80 Å². The lowest BCUT2D eigenvalue weighted by atomic mass is 9.72. The summed E-state index contributed by atoms with van der Waals surface area (Å²) >= 11 is 0. The van der Waals surface area contributed by atoms with Gasteiger partial charge in [-0.2, -0.15) is 0 Å². The van der Waals surface area contributed by atoms with Crippen molar-refractivity contribution < 1.29 is 9.59 Å². The molecular formula is C28H34N2O2. The zero-order valence-corrected chi connectivity index (χ0v) is 19.3. The van der Waals surface area contributed by atoms with Crippen LogP contribution in [0.5, 0.6) is 0 Å². The van der Waals surface area contributed by atoms with Crippen LogP contribution in [0.2, 0.25) is 0 Å². The van der Waals surface area contributed by atoms with E-state index in [0.717, 1.165) is 25.8 Å². The van der Waals surface area contributed by atoms with Crippen LogP contribution in [0.3, 0.4) is 0 Å². The second-order valence-electron chi connectivity index (χ2n) is 10.5. The normalized spacial score (nSPS) is 25.8. The summed E-state index contributed by atoms with van der Waals surface area (Å²) in [5.41, 5.74) is 3.29. The molecule has 1 aliphatic heterocycles. The number of benzene rings is 2. The van der Waals surface area contributed by atoms with Gasteiger partial charge in [0, 0.05) is 33.1 Å². The van der Waals surface area contributed by atoms with Crippen LogP contribution in [0.4, 0.5) is 0 Å². The fourth-order valence-electron chi connectivity index (χ4n) is 6.23. The first-order valence-corrected chi connectivity index (χ1v) is 12.1. The molecule has 4 nitrogen and oxygen atoms in total. The molecule has 4 heteroatoms. The molecule has 2 aliphatic carbocycles. The number of carbonyl (C=O) groups is 2. The van der Waals surface area contributed by atoms with Gasteiger partial charge in [-0.1, -0.05) is 61.0 Å². The summed E-state index contributed by atoms with van der Waals surface area (Å²) in [6.45, 7) is 1.33. The summed E-state index contributed by atoms with van der Waals surface area (Å²) in [7, 11) is 3.69. The van der Waals surface area contributed by atoms with Crippen molar-refractivity contribution in [3.63, 3.8) is 0 Å². The molecule has 168 valence electrons. The van der Waals surface area contributed by atoms with Crippen molar-refractivity contribution in [2.24, 2.45) is 16.7 Å². The van der Waals surface area contributed by atoms with Crippen LogP contribution in [0.25, 0.3) is 11.1 Å². The maximum absolute atomic E-state index is 13.6. The molecule has 0 bridgehead atoms. The van der Waals surface area contributed by atoms with Crippen LogP contribution in [0.15, 0.2) is 54.6 Å². The van der Waals surface area contributed by atoms with Crippen LogP contribution in [0, 0.1) is 16.7 Å². The SMILES string of the molecule is CN(C)C(=O)C1(Cc2ccccc2-c2ccccc2)CCCN(C(=O)C2CC23CCC3)C1. The molecule has 2 aromatic rings. The van der Waals surface area contributed by atoms with Crippen LogP contribution >= 0.6 is 0 Å². The first kappa shape index (κ1) is 21.2. The van der Waals surface area contributed by atoms with Crippen LogP contribution in [-0.2, 0) is 16.0 Å². The smallest absolute Gasteiger partial charge is 0.230 e. The Balaban J connectivity index is 1.44. The summed E-state index contributed by atoms with van der Waals surface area (Å²) in [5.74, 6) is 0.654. The predicted molar refractivity (Wildman–Crippen MR) is 127 cm³/mol. The molecule has 2 unspecified atom stereocenters. The lowest BCUT2D eigenvalue weighted by molar-refractivity contribution is -0.148. The molecule has 1 saturated heterocycles. The molecule has 2 atom stereocenters. The second-order valence-corrected chi connectivity index (χ2v) is 10.5. The average molecular weight is 431 g/mol. The van der Waals surface area contributed by atoms with E-state index < -0.39 is 5.41 Å². The van der Waals surface area contributed by atoms with Crippen molar-refractivity contribution in [3.05, 3.63) is 60.2 Å². The van der Waals surface area contributed by atoms with Crippen LogP contribution in [0.1, 0.15) is 44.1 Å². The monoisotopic (exact) mass is 430 g/mol. The lowest BCUT2D eigenvalue weighted by Crippen LogP contribution is -2.54. The predicted octanol–water partition coefficient (Wildman–Crippen LogP) is 4.78. The third kappa shape index (κ3) is 3.64. The molecule has 3 fully saturated rings. The van der Waals surface area contributed by atoms with E-state index in [1.54, 1.807) is 4.90 Å². The van der Waals surface area contributed by atoms with Gasteiger partial charge in [0.1, 0.15) is 0 Å². The Morgan fingerprint density at radius 3 is 2.34 bits per heavy atom. The van der Waals surface area contributed by atoms with Gasteiger partial charge in [0.2, 0.25) is 11.8 Å². The van der Waals surface area contributed by atoms with E-state index in [9.17, 15) is 9.59 Å². The Morgan fingerprint density at radius 2 is 1.69 bits per heavy atom. The topological polar surface area (TPSA) is 40.6 Å². The zero-order valence-electron chi connectivity index (χ0n) is 19.3. The highest BCUT2D eigenvalue weighted by Gasteiger charge is 2.62. The summed E-state index contributed by atoms with van der Waals surface area (Å²) < 4.78 is 0. The van der Waals surface area contributed by atoms with Crippen molar-refractivity contribution >= 4 is 11.8 Å². The van der Waals surface area contributed by atoms with Gasteiger partial charge >= 0.3 is 0 Å². The van der Waals surface area contributed by atoms with E-state index >= 15 is 0 Å². The van der Waals surface area contributed by atoms with Crippen molar-refractivity contribution in [2.45, 2.75) is 44.9 Å². The number of carbonyl (C=O) groups excluding carboxylic acids is 2. The zero-order chi connectivity index (χ0) is 22.3. The third-order valence-electron chi connectivity index (χ3n) is 8.22. The maximum Gasteiger partial charge on any atom is 0.230 e. The first-order chi connectivity index (χ1) is 15.4. The molecule has 3 aliphatic rings. The Morgan fingerprint density at radius 1 is 0.969 bits per heavy atom. The highest BCUT2D eigenvalue weighted by molar-refractivity contribution is 5.87. The minimum Gasteiger partial charge on any atom is -0.348 e. The number of hydrogen-bond acceptors (Lipinski definition) is 2. The summed E-state index contributed by atoms with van der Waals surface area (Å²) in [6, 6.07) is 18.8. The molecule has 1 spiro atoms. The van der Waals surface area contributed by atoms with Gasteiger partial charge in [-0.25, -0.2) is 0 Å². The molecule has 32 heavy (non-hydrogen) atoms. The van der Waals surface area contributed by atoms with E-state index in [1.807, 2.05) is 25.1 Å². The standard InChI is InChI=1S/C28H34N2O2/c1-29(2)26(32)28(18-22-12-6-7-13-23(22)21-10-4-3-5-11-21)16-9-17-30(20-28)25(31)24-19-27(24)14-8-15-27/h3-7,10-13,24H,8-9,14-20H2,1-2H3. The number of amides is 2. The number of hydrogen-bond donors (Lipinski definition) is 0. The van der Waals surface area contributed by atoms with Gasteiger partial charge in [-0.3, -0.25) is 9.59 Å². The molecule has 2 amide bonds. The van der Waals surface area contributed by atoms with Gasteiger partial charge in [-0.05, 0) is 60.6 Å². The summed E-state index contributed by atoms with van der Waals surface area (Å²) in [5, 5.41) is 0. The van der Waals surface area contributed by atoms with E-state index in [-0.39, 0.29) is 11.8 Å². The average Bonchev–Trinajstić information content (AvgIpc) is 3.56. The van der Waals surface area contributed by atoms with Gasteiger partial charge in [-0.15, -0.1) is 0 Å². The number of rotatable bonds is 5. The Bertz CT molecular complexity index is 1010. The molecule has 2 aromatic carbocycles. The van der Waals surface area contributed by atoms with Gasteiger partial charge in [0.15, 0.2) is 0 Å². The fourth-order valence-corrected chi connectivity index (χ4v) is 6.23. The van der Waals surface area contributed by atoms with E-state index in [2.05, 4.69) is 48.5 Å². The minimum absolute atomic E-state index is 0.145. The van der Waals surface area contributed by atoms with Crippen molar-refractivity contribution in [1.29, 1.82) is 0 Å². The number of piperidine rings is 1. The van der Waals surface area contributed by atoms with Crippen LogP contribution in [-0.4, -0.2) is 48.8 Å². The van der Waals surface area contributed by atoms with Crippen molar-refractivity contribution in [3.8, 4) is 11.1 Å². The Kier molecular flexibility index (Phi) is 5.35.